The summed E-state index contributed by atoms with van der Waals surface area (Å²) in [6.07, 6.45) is 1.92. The Bertz CT molecular complexity index is 271. The van der Waals surface area contributed by atoms with Gasteiger partial charge in [-0.25, -0.2) is 4.79 Å². The molecule has 98 valence electrons. The number of ether oxygens (including phenoxy) is 1. The second kappa shape index (κ2) is 8.89. The fourth-order valence-corrected chi connectivity index (χ4v) is 1.01. The van der Waals surface area contributed by atoms with Crippen molar-refractivity contribution in [1.82, 2.24) is 10.6 Å². The van der Waals surface area contributed by atoms with Gasteiger partial charge in [0.25, 0.3) is 0 Å². The molecule has 0 aliphatic heterocycles. The van der Waals surface area contributed by atoms with Crippen LogP contribution in [0.5, 0.6) is 0 Å². The van der Waals surface area contributed by atoms with Gasteiger partial charge in [0.2, 0.25) is 0 Å². The summed E-state index contributed by atoms with van der Waals surface area (Å²) in [5, 5.41) is 5.77. The van der Waals surface area contributed by atoms with E-state index in [2.05, 4.69) is 29.4 Å². The highest BCUT2D eigenvalue weighted by Gasteiger charge is 2.14. The molecule has 17 heavy (non-hydrogen) atoms. The minimum atomic E-state index is -0.459. The van der Waals surface area contributed by atoms with Gasteiger partial charge in [0.15, 0.2) is 0 Å². The minimum absolute atomic E-state index is 0.324. The molecule has 2 N–H and O–H groups in total. The normalized spacial score (nSPS) is 10.4. The molecule has 0 aliphatic carbocycles. The molecule has 1 amide bonds. The van der Waals surface area contributed by atoms with Gasteiger partial charge in [-0.2, -0.15) is 0 Å². The molecule has 0 aromatic rings. The zero-order chi connectivity index (χ0) is 13.1. The van der Waals surface area contributed by atoms with E-state index in [1.165, 1.54) is 6.42 Å². The molecule has 0 fully saturated rings. The Morgan fingerprint density at radius 1 is 1.24 bits per heavy atom. The average molecular weight is 240 g/mol. The second-order valence-electron chi connectivity index (χ2n) is 4.74. The predicted octanol–water partition coefficient (Wildman–Crippen LogP) is 1.90. The van der Waals surface area contributed by atoms with Crippen LogP contribution in [-0.4, -0.2) is 31.3 Å². The zero-order valence-corrected chi connectivity index (χ0v) is 11.4. The van der Waals surface area contributed by atoms with Gasteiger partial charge in [-0.05, 0) is 33.7 Å². The summed E-state index contributed by atoms with van der Waals surface area (Å²) in [6.45, 7) is 9.62. The van der Waals surface area contributed by atoms with Crippen molar-refractivity contribution < 1.29 is 9.53 Å². The Morgan fingerprint density at radius 2 is 1.88 bits per heavy atom. The van der Waals surface area contributed by atoms with Gasteiger partial charge in [-0.1, -0.05) is 25.2 Å². The molecule has 0 aliphatic rings. The number of carbonyl (C=O) groups is 1. The number of rotatable bonds is 5. The molecular formula is C13H24N2O2. The molecular weight excluding hydrogens is 216 g/mol. The first-order valence-electron chi connectivity index (χ1n) is 6.09. The van der Waals surface area contributed by atoms with Crippen molar-refractivity contribution in [1.29, 1.82) is 0 Å². The zero-order valence-electron chi connectivity index (χ0n) is 11.4. The minimum Gasteiger partial charge on any atom is -0.444 e. The van der Waals surface area contributed by atoms with E-state index in [1.807, 2.05) is 20.8 Å². The third kappa shape index (κ3) is 12.7. The molecule has 0 heterocycles. The lowest BCUT2D eigenvalue weighted by Gasteiger charge is -2.18. The number of alkyl carbamates (subject to hydrolysis) is 1. The molecule has 0 aromatic carbocycles. The highest BCUT2D eigenvalue weighted by Crippen LogP contribution is 2.05. The Balaban J connectivity index is 3.50. The molecule has 0 unspecified atom stereocenters. The topological polar surface area (TPSA) is 50.4 Å². The lowest BCUT2D eigenvalue weighted by molar-refractivity contribution is 0.0535. The van der Waals surface area contributed by atoms with Gasteiger partial charge in [-0.3, -0.25) is 0 Å². The van der Waals surface area contributed by atoms with Crippen LogP contribution in [0.25, 0.3) is 0 Å². The van der Waals surface area contributed by atoms with Crippen molar-refractivity contribution in [2.45, 2.75) is 46.1 Å². The molecule has 4 heteroatoms. The van der Waals surface area contributed by atoms with Gasteiger partial charge in [0, 0.05) is 0 Å². The van der Waals surface area contributed by atoms with Crippen LogP contribution in [-0.2, 0) is 4.74 Å². The van der Waals surface area contributed by atoms with Crippen LogP contribution in [0.4, 0.5) is 4.79 Å². The van der Waals surface area contributed by atoms with Crippen LogP contribution in [0.15, 0.2) is 0 Å². The van der Waals surface area contributed by atoms with Crippen LogP contribution >= 0.6 is 0 Å². The van der Waals surface area contributed by atoms with Gasteiger partial charge >= 0.3 is 6.09 Å². The molecule has 0 radical (unpaired) electrons. The van der Waals surface area contributed by atoms with E-state index < -0.39 is 11.7 Å². The summed E-state index contributed by atoms with van der Waals surface area (Å²) < 4.78 is 5.06. The van der Waals surface area contributed by atoms with E-state index in [4.69, 9.17) is 4.74 Å². The quantitative estimate of drug-likeness (QED) is 0.570. The van der Waals surface area contributed by atoms with Gasteiger partial charge in [0.1, 0.15) is 5.60 Å². The first kappa shape index (κ1) is 15.8. The fraction of sp³-hybridized carbons (Fsp3) is 0.769. The van der Waals surface area contributed by atoms with Crippen LogP contribution in [0.3, 0.4) is 0 Å². The number of amides is 1. The number of carbonyl (C=O) groups excluding carboxylic acids is 1. The van der Waals surface area contributed by atoms with Crippen molar-refractivity contribution in [3.63, 3.8) is 0 Å². The summed E-state index contributed by atoms with van der Waals surface area (Å²) in [5.41, 5.74) is -0.459. The van der Waals surface area contributed by atoms with Crippen LogP contribution in [0, 0.1) is 11.8 Å². The van der Waals surface area contributed by atoms with E-state index >= 15 is 0 Å². The maximum absolute atomic E-state index is 11.2. The maximum Gasteiger partial charge on any atom is 0.408 e. The van der Waals surface area contributed by atoms with Crippen molar-refractivity contribution in [2.75, 3.05) is 19.6 Å². The third-order valence-corrected chi connectivity index (χ3v) is 1.77. The largest absolute Gasteiger partial charge is 0.444 e. The number of hydrogen-bond donors (Lipinski definition) is 2. The maximum atomic E-state index is 11.2. The lowest BCUT2D eigenvalue weighted by Crippen LogP contribution is -2.32. The number of nitrogens with one attached hydrogen (secondary N) is 2. The van der Waals surface area contributed by atoms with Crippen molar-refractivity contribution in [2.24, 2.45) is 0 Å². The molecule has 0 spiro atoms. The fourth-order valence-electron chi connectivity index (χ4n) is 1.01. The predicted molar refractivity (Wildman–Crippen MR) is 69.8 cm³/mol. The molecule has 0 saturated heterocycles. The Hall–Kier alpha value is -1.21. The molecule has 0 aromatic heterocycles. The lowest BCUT2D eigenvalue weighted by atomic mass is 10.2. The third-order valence-electron chi connectivity index (χ3n) is 1.77. The van der Waals surface area contributed by atoms with E-state index in [0.717, 1.165) is 13.0 Å². The van der Waals surface area contributed by atoms with E-state index in [-0.39, 0.29) is 0 Å². The Kier molecular flexibility index (Phi) is 8.25. The standard InChI is InChI=1S/C13H24N2O2/c1-5-6-9-14-10-7-8-11-15-12(16)17-13(2,3)4/h14H,5-6,9-11H2,1-4H3,(H,15,16). The van der Waals surface area contributed by atoms with Crippen LogP contribution in [0.2, 0.25) is 0 Å². The average Bonchev–Trinajstić information content (AvgIpc) is 2.19. The number of unbranched alkanes of at least 4 members (excludes halogenated alkanes) is 1. The van der Waals surface area contributed by atoms with E-state index in [9.17, 15) is 4.79 Å². The number of hydrogen-bond acceptors (Lipinski definition) is 3. The summed E-state index contributed by atoms with van der Waals surface area (Å²) in [4.78, 5) is 11.2. The molecule has 0 bridgehead atoms. The smallest absolute Gasteiger partial charge is 0.408 e. The molecule has 4 nitrogen and oxygen atoms in total. The van der Waals surface area contributed by atoms with Gasteiger partial charge in [-0.15, -0.1) is 0 Å². The summed E-state index contributed by atoms with van der Waals surface area (Å²) in [6, 6.07) is 0. The van der Waals surface area contributed by atoms with E-state index in [1.54, 1.807) is 0 Å². The molecule has 0 rings (SSSR count). The second-order valence-corrected chi connectivity index (χ2v) is 4.74. The van der Waals surface area contributed by atoms with E-state index in [0.29, 0.717) is 13.1 Å². The van der Waals surface area contributed by atoms with Gasteiger partial charge in [0.05, 0.1) is 13.1 Å². The first-order valence-corrected chi connectivity index (χ1v) is 6.09. The van der Waals surface area contributed by atoms with Crippen molar-refractivity contribution in [3.05, 3.63) is 0 Å². The molecule has 0 saturated carbocycles. The highest BCUT2D eigenvalue weighted by molar-refractivity contribution is 5.67. The van der Waals surface area contributed by atoms with Crippen molar-refractivity contribution in [3.8, 4) is 11.8 Å². The highest BCUT2D eigenvalue weighted by atomic mass is 16.6. The van der Waals surface area contributed by atoms with Crippen LogP contribution < -0.4 is 10.6 Å². The summed E-state index contributed by atoms with van der Waals surface area (Å²) >= 11 is 0. The Labute approximate surface area is 104 Å². The Morgan fingerprint density at radius 3 is 2.47 bits per heavy atom. The molecule has 0 atom stereocenters. The van der Waals surface area contributed by atoms with Crippen LogP contribution in [0.1, 0.15) is 40.5 Å². The monoisotopic (exact) mass is 240 g/mol. The summed E-state index contributed by atoms with van der Waals surface area (Å²) in [5.74, 6) is 5.79. The first-order chi connectivity index (χ1) is 7.95. The van der Waals surface area contributed by atoms with Gasteiger partial charge < -0.3 is 15.4 Å². The summed E-state index contributed by atoms with van der Waals surface area (Å²) in [7, 11) is 0. The van der Waals surface area contributed by atoms with Crippen molar-refractivity contribution >= 4 is 6.09 Å². The SMILES string of the molecule is CCCCNCC#CCNC(=O)OC(C)(C)C.